The molecule has 0 radical (unpaired) electrons. The molecule has 3 aromatic carbocycles. The minimum atomic E-state index is -3.95. The number of carbonyl (C=O) groups is 1. The van der Waals surface area contributed by atoms with Crippen molar-refractivity contribution in [1.82, 2.24) is 5.32 Å². The molecule has 0 atom stereocenters. The number of anilines is 1. The van der Waals surface area contributed by atoms with E-state index in [4.69, 9.17) is 16.3 Å². The lowest BCUT2D eigenvalue weighted by Gasteiger charge is -2.24. The summed E-state index contributed by atoms with van der Waals surface area (Å²) >= 11 is 6.09. The summed E-state index contributed by atoms with van der Waals surface area (Å²) in [5.74, 6) is 0.427. The zero-order chi connectivity index (χ0) is 24.6. The lowest BCUT2D eigenvalue weighted by molar-refractivity contribution is -0.119. The van der Waals surface area contributed by atoms with Gasteiger partial charge >= 0.3 is 0 Å². The van der Waals surface area contributed by atoms with Crippen LogP contribution in [0.3, 0.4) is 0 Å². The van der Waals surface area contributed by atoms with Gasteiger partial charge in [-0.2, -0.15) is 0 Å². The SMILES string of the molecule is CC(C)Oc1cccc(CCCNC(=O)CN(c2cccc(Cl)c2)S(=O)(=O)c2ccccc2)c1. The van der Waals surface area contributed by atoms with Crippen molar-refractivity contribution in [3.63, 3.8) is 0 Å². The first-order valence-corrected chi connectivity index (χ1v) is 12.9. The standard InChI is InChI=1S/C26H29ClN2O4S/c1-20(2)33-24-13-6-9-21(17-24)10-8-16-28-26(30)19-29(23-12-7-11-22(27)18-23)34(31,32)25-14-4-3-5-15-25/h3-7,9,11-15,17-18,20H,8,10,16,19H2,1-2H3,(H,28,30). The second-order valence-electron chi connectivity index (χ2n) is 8.07. The number of carbonyl (C=O) groups excluding carboxylic acids is 1. The lowest BCUT2D eigenvalue weighted by Crippen LogP contribution is -2.41. The van der Waals surface area contributed by atoms with Crippen LogP contribution >= 0.6 is 11.6 Å². The Morgan fingerprint density at radius 3 is 2.44 bits per heavy atom. The number of aryl methyl sites for hydroxylation is 1. The Morgan fingerprint density at radius 1 is 1.00 bits per heavy atom. The first-order chi connectivity index (χ1) is 16.3. The summed E-state index contributed by atoms with van der Waals surface area (Å²) in [6.07, 6.45) is 1.57. The van der Waals surface area contributed by atoms with Crippen LogP contribution in [-0.2, 0) is 21.2 Å². The Balaban J connectivity index is 1.64. The maximum absolute atomic E-state index is 13.3. The van der Waals surface area contributed by atoms with Crippen LogP contribution in [0.2, 0.25) is 5.02 Å². The molecule has 0 bridgehead atoms. The normalized spacial score (nSPS) is 11.3. The quantitative estimate of drug-likeness (QED) is 0.373. The number of hydrogen-bond donors (Lipinski definition) is 1. The molecule has 0 fully saturated rings. The average molecular weight is 501 g/mol. The molecule has 6 nitrogen and oxygen atoms in total. The number of hydrogen-bond acceptors (Lipinski definition) is 4. The Bertz CT molecular complexity index is 1200. The van der Waals surface area contributed by atoms with Crippen molar-refractivity contribution in [2.75, 3.05) is 17.4 Å². The number of sulfonamides is 1. The molecule has 0 spiro atoms. The van der Waals surface area contributed by atoms with E-state index in [9.17, 15) is 13.2 Å². The van der Waals surface area contributed by atoms with Crippen molar-refractivity contribution in [2.24, 2.45) is 0 Å². The molecule has 0 aromatic heterocycles. The molecule has 0 aliphatic heterocycles. The molecule has 34 heavy (non-hydrogen) atoms. The van der Waals surface area contributed by atoms with Crippen molar-refractivity contribution in [3.8, 4) is 5.75 Å². The summed E-state index contributed by atoms with van der Waals surface area (Å²) in [6, 6.07) is 22.4. The zero-order valence-electron chi connectivity index (χ0n) is 19.3. The van der Waals surface area contributed by atoms with Crippen LogP contribution in [0, 0.1) is 0 Å². The van der Waals surface area contributed by atoms with Gasteiger partial charge in [-0.05, 0) is 74.7 Å². The van der Waals surface area contributed by atoms with Gasteiger partial charge in [-0.3, -0.25) is 9.10 Å². The number of nitrogens with zero attached hydrogens (tertiary/aromatic N) is 1. The summed E-state index contributed by atoms with van der Waals surface area (Å²) < 4.78 is 33.4. The van der Waals surface area contributed by atoms with Crippen molar-refractivity contribution in [3.05, 3.63) is 89.4 Å². The van der Waals surface area contributed by atoms with Crippen LogP contribution in [-0.4, -0.2) is 33.5 Å². The van der Waals surface area contributed by atoms with Crippen LogP contribution < -0.4 is 14.4 Å². The molecule has 3 rings (SSSR count). The molecule has 0 heterocycles. The van der Waals surface area contributed by atoms with Crippen LogP contribution in [0.15, 0.2) is 83.8 Å². The highest BCUT2D eigenvalue weighted by Crippen LogP contribution is 2.26. The van der Waals surface area contributed by atoms with E-state index < -0.39 is 15.9 Å². The third kappa shape index (κ3) is 7.23. The molecule has 0 saturated heterocycles. The molecule has 1 amide bonds. The Morgan fingerprint density at radius 2 is 1.74 bits per heavy atom. The van der Waals surface area contributed by atoms with Gasteiger partial charge in [0.2, 0.25) is 5.91 Å². The van der Waals surface area contributed by atoms with E-state index in [2.05, 4.69) is 5.32 Å². The summed E-state index contributed by atoms with van der Waals surface area (Å²) in [4.78, 5) is 12.8. The second-order valence-corrected chi connectivity index (χ2v) is 10.4. The maximum Gasteiger partial charge on any atom is 0.264 e. The fourth-order valence-electron chi connectivity index (χ4n) is 3.42. The highest BCUT2D eigenvalue weighted by molar-refractivity contribution is 7.92. The maximum atomic E-state index is 13.3. The van der Waals surface area contributed by atoms with E-state index in [0.717, 1.165) is 22.0 Å². The molecule has 0 aliphatic carbocycles. The zero-order valence-corrected chi connectivity index (χ0v) is 20.9. The monoisotopic (exact) mass is 500 g/mol. The van der Waals surface area contributed by atoms with Gasteiger partial charge in [0, 0.05) is 11.6 Å². The van der Waals surface area contributed by atoms with Gasteiger partial charge in [0.25, 0.3) is 10.0 Å². The Kier molecular flexibility index (Phi) is 8.96. The van der Waals surface area contributed by atoms with E-state index >= 15 is 0 Å². The Labute approximate surface area is 206 Å². The summed E-state index contributed by atoms with van der Waals surface area (Å²) in [5.41, 5.74) is 1.44. The molecule has 3 aromatic rings. The van der Waals surface area contributed by atoms with Crippen molar-refractivity contribution >= 4 is 33.2 Å². The number of benzene rings is 3. The van der Waals surface area contributed by atoms with Gasteiger partial charge in [0.1, 0.15) is 12.3 Å². The third-order valence-electron chi connectivity index (χ3n) is 4.95. The molecular weight excluding hydrogens is 472 g/mol. The van der Waals surface area contributed by atoms with Crippen LogP contribution in [0.1, 0.15) is 25.8 Å². The van der Waals surface area contributed by atoms with Gasteiger partial charge < -0.3 is 10.1 Å². The highest BCUT2D eigenvalue weighted by Gasteiger charge is 2.27. The molecule has 1 N–H and O–H groups in total. The molecule has 0 aliphatic rings. The third-order valence-corrected chi connectivity index (χ3v) is 6.97. The van der Waals surface area contributed by atoms with E-state index in [1.165, 1.54) is 18.2 Å². The van der Waals surface area contributed by atoms with Crippen molar-refractivity contribution in [1.29, 1.82) is 0 Å². The predicted molar refractivity (Wildman–Crippen MR) is 136 cm³/mol. The number of amides is 1. The van der Waals surface area contributed by atoms with Gasteiger partial charge in [-0.25, -0.2) is 8.42 Å². The van der Waals surface area contributed by atoms with Crippen LogP contribution in [0.25, 0.3) is 0 Å². The fraction of sp³-hybridized carbons (Fsp3) is 0.269. The van der Waals surface area contributed by atoms with E-state index in [1.54, 1.807) is 36.4 Å². The van der Waals surface area contributed by atoms with E-state index in [1.807, 2.05) is 38.1 Å². The first kappa shape index (κ1) is 25.6. The van der Waals surface area contributed by atoms with Gasteiger partial charge in [0.05, 0.1) is 16.7 Å². The van der Waals surface area contributed by atoms with E-state index in [-0.39, 0.29) is 17.5 Å². The minimum Gasteiger partial charge on any atom is -0.491 e. The highest BCUT2D eigenvalue weighted by atomic mass is 35.5. The first-order valence-electron chi connectivity index (χ1n) is 11.1. The molecule has 8 heteroatoms. The average Bonchev–Trinajstić information content (AvgIpc) is 2.80. The number of halogens is 1. The second kappa shape index (κ2) is 11.9. The lowest BCUT2D eigenvalue weighted by atomic mass is 10.1. The molecule has 0 unspecified atom stereocenters. The van der Waals surface area contributed by atoms with Gasteiger partial charge in [-0.1, -0.05) is 48.0 Å². The predicted octanol–water partition coefficient (Wildman–Crippen LogP) is 5.07. The number of rotatable bonds is 11. The van der Waals surface area contributed by atoms with Crippen molar-refractivity contribution in [2.45, 2.75) is 37.7 Å². The largest absolute Gasteiger partial charge is 0.491 e. The summed E-state index contributed by atoms with van der Waals surface area (Å²) in [5, 5.41) is 3.21. The van der Waals surface area contributed by atoms with E-state index in [0.29, 0.717) is 23.7 Å². The summed E-state index contributed by atoms with van der Waals surface area (Å²) in [7, 11) is -3.95. The van der Waals surface area contributed by atoms with Crippen molar-refractivity contribution < 1.29 is 17.9 Å². The number of nitrogens with one attached hydrogen (secondary N) is 1. The topological polar surface area (TPSA) is 75.7 Å². The summed E-state index contributed by atoms with van der Waals surface area (Å²) in [6.45, 7) is 4.03. The fourth-order valence-corrected chi connectivity index (χ4v) is 5.04. The van der Waals surface area contributed by atoms with Gasteiger partial charge in [0.15, 0.2) is 0 Å². The van der Waals surface area contributed by atoms with Crippen LogP contribution in [0.5, 0.6) is 5.75 Å². The molecule has 0 saturated carbocycles. The number of ether oxygens (including phenoxy) is 1. The van der Waals surface area contributed by atoms with Crippen LogP contribution in [0.4, 0.5) is 5.69 Å². The Hall–Kier alpha value is -3.03. The molecule has 180 valence electrons. The minimum absolute atomic E-state index is 0.101. The smallest absolute Gasteiger partial charge is 0.264 e. The molecular formula is C26H29ClN2O4S. The van der Waals surface area contributed by atoms with Gasteiger partial charge in [-0.15, -0.1) is 0 Å².